The number of oxazole rings is 1. The minimum atomic E-state index is -0.590. The first kappa shape index (κ1) is 19.5. The Bertz CT molecular complexity index is 905. The first-order valence-electron chi connectivity index (χ1n) is 9.42. The van der Waals surface area contributed by atoms with E-state index in [1.807, 2.05) is 24.3 Å². The second-order valence-corrected chi connectivity index (χ2v) is 7.98. The third-order valence-corrected chi connectivity index (χ3v) is 5.57. The Morgan fingerprint density at radius 2 is 1.96 bits per heavy atom. The van der Waals surface area contributed by atoms with Crippen molar-refractivity contribution in [3.8, 4) is 5.75 Å². The number of hydrogen-bond donors (Lipinski definition) is 1. The molecular formula is C21H22Cl2N2O3. The molecule has 2 heterocycles. The van der Waals surface area contributed by atoms with E-state index in [1.165, 1.54) is 0 Å². The smallest absolute Gasteiger partial charge is 0.198 e. The predicted molar refractivity (Wildman–Crippen MR) is 110 cm³/mol. The number of hydrogen-bond acceptors (Lipinski definition) is 5. The lowest BCUT2D eigenvalue weighted by molar-refractivity contribution is 0.0584. The van der Waals surface area contributed by atoms with Gasteiger partial charge in [0.15, 0.2) is 11.5 Å². The molecule has 1 atom stereocenters. The SMILES string of the molecule is OC(COc1ccc(Cl)cc1Cl)CN1CCC(c2nc3ccccc3o2)CC1. The predicted octanol–water partition coefficient (Wildman–Crippen LogP) is 4.75. The van der Waals surface area contributed by atoms with E-state index in [2.05, 4.69) is 9.88 Å². The monoisotopic (exact) mass is 420 g/mol. The van der Waals surface area contributed by atoms with E-state index in [-0.39, 0.29) is 6.61 Å². The highest BCUT2D eigenvalue weighted by Crippen LogP contribution is 2.30. The molecule has 0 saturated carbocycles. The number of benzene rings is 2. The average molecular weight is 421 g/mol. The number of aromatic nitrogens is 1. The molecule has 1 aliphatic heterocycles. The van der Waals surface area contributed by atoms with Crippen molar-refractivity contribution >= 4 is 34.3 Å². The minimum absolute atomic E-state index is 0.187. The number of nitrogens with zero attached hydrogens (tertiary/aromatic N) is 2. The third-order valence-electron chi connectivity index (χ3n) is 5.04. The Labute approximate surface area is 173 Å². The molecule has 2 aromatic carbocycles. The van der Waals surface area contributed by atoms with Crippen molar-refractivity contribution in [2.75, 3.05) is 26.2 Å². The summed E-state index contributed by atoms with van der Waals surface area (Å²) in [4.78, 5) is 6.87. The topological polar surface area (TPSA) is 58.7 Å². The summed E-state index contributed by atoms with van der Waals surface area (Å²) in [5.74, 6) is 1.67. The van der Waals surface area contributed by atoms with Gasteiger partial charge in [0.1, 0.15) is 24.0 Å². The molecule has 1 saturated heterocycles. The highest BCUT2D eigenvalue weighted by atomic mass is 35.5. The van der Waals surface area contributed by atoms with Crippen LogP contribution in [0, 0.1) is 0 Å². The van der Waals surface area contributed by atoms with E-state index < -0.39 is 6.10 Å². The molecule has 0 spiro atoms. The summed E-state index contributed by atoms with van der Waals surface area (Å²) < 4.78 is 11.5. The van der Waals surface area contributed by atoms with E-state index in [0.717, 1.165) is 42.9 Å². The third kappa shape index (κ3) is 4.61. The van der Waals surface area contributed by atoms with E-state index in [0.29, 0.717) is 28.3 Å². The molecule has 148 valence electrons. The number of halogens is 2. The number of likely N-dealkylation sites (tertiary alicyclic amines) is 1. The molecule has 0 amide bonds. The summed E-state index contributed by atoms with van der Waals surface area (Å²) in [7, 11) is 0. The molecular weight excluding hydrogens is 399 g/mol. The molecule has 0 aliphatic carbocycles. The van der Waals surface area contributed by atoms with Gasteiger partial charge in [-0.3, -0.25) is 0 Å². The number of para-hydroxylation sites is 2. The number of piperidine rings is 1. The van der Waals surface area contributed by atoms with Gasteiger partial charge < -0.3 is 19.2 Å². The van der Waals surface area contributed by atoms with E-state index in [4.69, 9.17) is 32.4 Å². The summed E-state index contributed by atoms with van der Waals surface area (Å²) in [6, 6.07) is 12.9. The van der Waals surface area contributed by atoms with Gasteiger partial charge in [0.2, 0.25) is 0 Å². The van der Waals surface area contributed by atoms with Crippen LogP contribution in [0.3, 0.4) is 0 Å². The van der Waals surface area contributed by atoms with Crippen molar-refractivity contribution < 1.29 is 14.3 Å². The first-order valence-corrected chi connectivity index (χ1v) is 10.2. The maximum absolute atomic E-state index is 10.3. The second kappa shape index (κ2) is 8.70. The van der Waals surface area contributed by atoms with E-state index in [9.17, 15) is 5.11 Å². The lowest BCUT2D eigenvalue weighted by Crippen LogP contribution is -2.40. The van der Waals surface area contributed by atoms with Gasteiger partial charge in [-0.25, -0.2) is 4.98 Å². The van der Waals surface area contributed by atoms with Crippen LogP contribution in [0.2, 0.25) is 10.0 Å². The number of aliphatic hydroxyl groups is 1. The number of fused-ring (bicyclic) bond motifs is 1. The molecule has 4 rings (SSSR count). The number of β-amino-alcohol motifs (C(OH)–C–C–N with tert-alkyl or cyclic N) is 1. The number of ether oxygens (including phenoxy) is 1. The first-order chi connectivity index (χ1) is 13.6. The fraction of sp³-hybridized carbons (Fsp3) is 0.381. The van der Waals surface area contributed by atoms with Crippen molar-refractivity contribution in [2.45, 2.75) is 24.9 Å². The Balaban J connectivity index is 1.25. The Morgan fingerprint density at radius 3 is 2.71 bits per heavy atom. The van der Waals surface area contributed by atoms with E-state index >= 15 is 0 Å². The van der Waals surface area contributed by atoms with Crippen LogP contribution >= 0.6 is 23.2 Å². The fourth-order valence-corrected chi connectivity index (χ4v) is 4.02. The quantitative estimate of drug-likeness (QED) is 0.622. The zero-order valence-corrected chi connectivity index (χ0v) is 16.9. The van der Waals surface area contributed by atoms with Crippen molar-refractivity contribution in [1.29, 1.82) is 0 Å². The van der Waals surface area contributed by atoms with Gasteiger partial charge >= 0.3 is 0 Å². The summed E-state index contributed by atoms with van der Waals surface area (Å²) in [6.07, 6.45) is 1.33. The minimum Gasteiger partial charge on any atom is -0.489 e. The van der Waals surface area contributed by atoms with Crippen LogP contribution in [0.15, 0.2) is 46.9 Å². The van der Waals surface area contributed by atoms with Gasteiger partial charge in [-0.2, -0.15) is 0 Å². The lowest BCUT2D eigenvalue weighted by Gasteiger charge is -2.31. The Hall–Kier alpha value is -1.79. The molecule has 3 aromatic rings. The van der Waals surface area contributed by atoms with Gasteiger partial charge in [-0.15, -0.1) is 0 Å². The standard InChI is InChI=1S/C21H22Cl2N2O3/c22-15-5-6-19(17(23)11-15)27-13-16(26)12-25-9-7-14(8-10-25)21-24-18-3-1-2-4-20(18)28-21/h1-6,11,14,16,26H,7-10,12-13H2. The molecule has 1 unspecified atom stereocenters. The summed E-state index contributed by atoms with van der Waals surface area (Å²) in [5, 5.41) is 11.3. The van der Waals surface area contributed by atoms with Gasteiger partial charge in [-0.05, 0) is 56.3 Å². The highest BCUT2D eigenvalue weighted by molar-refractivity contribution is 6.35. The molecule has 1 N–H and O–H groups in total. The van der Waals surface area contributed by atoms with Crippen molar-refractivity contribution in [1.82, 2.24) is 9.88 Å². The van der Waals surface area contributed by atoms with Crippen LogP contribution in [0.25, 0.3) is 11.1 Å². The van der Waals surface area contributed by atoms with Crippen molar-refractivity contribution in [2.24, 2.45) is 0 Å². The van der Waals surface area contributed by atoms with Crippen LogP contribution < -0.4 is 4.74 Å². The van der Waals surface area contributed by atoms with Gasteiger partial charge in [0, 0.05) is 17.5 Å². The zero-order chi connectivity index (χ0) is 19.5. The summed E-state index contributed by atoms with van der Waals surface area (Å²) in [6.45, 7) is 2.53. The Morgan fingerprint density at radius 1 is 1.18 bits per heavy atom. The van der Waals surface area contributed by atoms with Crippen LogP contribution in [0.5, 0.6) is 5.75 Å². The molecule has 0 radical (unpaired) electrons. The average Bonchev–Trinajstić information content (AvgIpc) is 3.12. The number of aliphatic hydroxyl groups excluding tert-OH is 1. The zero-order valence-electron chi connectivity index (χ0n) is 15.4. The maximum atomic E-state index is 10.3. The molecule has 1 aliphatic rings. The van der Waals surface area contributed by atoms with Crippen LogP contribution in [-0.2, 0) is 0 Å². The molecule has 28 heavy (non-hydrogen) atoms. The van der Waals surface area contributed by atoms with Crippen molar-refractivity contribution in [3.05, 3.63) is 58.4 Å². The molecule has 1 aromatic heterocycles. The van der Waals surface area contributed by atoms with Gasteiger partial charge in [-0.1, -0.05) is 35.3 Å². The van der Waals surface area contributed by atoms with E-state index in [1.54, 1.807) is 18.2 Å². The lowest BCUT2D eigenvalue weighted by atomic mass is 9.96. The Kier molecular flexibility index (Phi) is 6.07. The van der Waals surface area contributed by atoms with Gasteiger partial charge in [0.05, 0.1) is 5.02 Å². The largest absolute Gasteiger partial charge is 0.489 e. The normalized spacial score (nSPS) is 17.1. The molecule has 0 bridgehead atoms. The van der Waals surface area contributed by atoms with Gasteiger partial charge in [0.25, 0.3) is 0 Å². The number of rotatable bonds is 6. The van der Waals surface area contributed by atoms with Crippen LogP contribution in [0.4, 0.5) is 0 Å². The maximum Gasteiger partial charge on any atom is 0.198 e. The van der Waals surface area contributed by atoms with Crippen molar-refractivity contribution in [3.63, 3.8) is 0 Å². The highest BCUT2D eigenvalue weighted by Gasteiger charge is 2.25. The second-order valence-electron chi connectivity index (χ2n) is 7.13. The summed E-state index contributed by atoms with van der Waals surface area (Å²) >= 11 is 12.0. The van der Waals surface area contributed by atoms with Crippen LogP contribution in [0.1, 0.15) is 24.7 Å². The summed E-state index contributed by atoms with van der Waals surface area (Å²) in [5.41, 5.74) is 1.75. The van der Waals surface area contributed by atoms with Crippen LogP contribution in [-0.4, -0.2) is 47.3 Å². The molecule has 7 heteroatoms. The fourth-order valence-electron chi connectivity index (χ4n) is 3.56. The molecule has 1 fully saturated rings. The molecule has 5 nitrogen and oxygen atoms in total.